The zero-order valence-electron chi connectivity index (χ0n) is 32.2. The van der Waals surface area contributed by atoms with Crippen LogP contribution in [0.2, 0.25) is 0 Å². The third kappa shape index (κ3) is 4.69. The van der Waals surface area contributed by atoms with E-state index in [0.29, 0.717) is 0 Å². The van der Waals surface area contributed by atoms with Gasteiger partial charge in [-0.05, 0) is 116 Å². The van der Waals surface area contributed by atoms with Crippen LogP contribution in [0.5, 0.6) is 0 Å². The number of hydrogen-bond acceptors (Lipinski definition) is 1. The van der Waals surface area contributed by atoms with Crippen LogP contribution in [-0.4, -0.2) is 4.57 Å². The molecule has 0 unspecified atom stereocenters. The molecule has 1 aromatic heterocycles. The van der Waals surface area contributed by atoms with E-state index in [-0.39, 0.29) is 10.8 Å². The fraction of sp³-hybridized carbons (Fsp3) is 0.111. The Morgan fingerprint density at radius 2 is 1.02 bits per heavy atom. The molecule has 268 valence electrons. The molecule has 2 nitrogen and oxygen atoms in total. The number of rotatable bonds is 5. The van der Waals surface area contributed by atoms with Crippen molar-refractivity contribution in [2.45, 2.75) is 38.5 Å². The van der Waals surface area contributed by atoms with E-state index < -0.39 is 0 Å². The Kier molecular flexibility index (Phi) is 6.98. The summed E-state index contributed by atoms with van der Waals surface area (Å²) in [6.07, 6.45) is 0. The van der Waals surface area contributed by atoms with Crippen LogP contribution in [0.4, 0.5) is 11.4 Å². The summed E-state index contributed by atoms with van der Waals surface area (Å²) in [5, 5.41) is 6.41. The molecule has 0 saturated carbocycles. The van der Waals surface area contributed by atoms with Gasteiger partial charge in [-0.2, -0.15) is 0 Å². The molecule has 9 aromatic rings. The van der Waals surface area contributed by atoms with Gasteiger partial charge in [0, 0.05) is 44.2 Å². The van der Waals surface area contributed by atoms with Gasteiger partial charge in [0.05, 0.1) is 11.0 Å². The first-order valence-corrected chi connectivity index (χ1v) is 19.8. The molecule has 0 radical (unpaired) electrons. The predicted molar refractivity (Wildman–Crippen MR) is 237 cm³/mol. The van der Waals surface area contributed by atoms with E-state index in [1.807, 2.05) is 0 Å². The van der Waals surface area contributed by atoms with Crippen LogP contribution in [-0.2, 0) is 10.8 Å². The van der Waals surface area contributed by atoms with E-state index in [9.17, 15) is 0 Å². The van der Waals surface area contributed by atoms with Gasteiger partial charge in [-0.15, -0.1) is 0 Å². The highest BCUT2D eigenvalue weighted by atomic mass is 15.0. The molecule has 0 fully saturated rings. The lowest BCUT2D eigenvalue weighted by molar-refractivity contribution is 0.659. The zero-order chi connectivity index (χ0) is 37.8. The van der Waals surface area contributed by atoms with Crippen molar-refractivity contribution in [2.24, 2.45) is 0 Å². The normalized spacial score (nSPS) is 14.4. The minimum Gasteiger partial charge on any atom is -0.355 e. The topological polar surface area (TPSA) is 17.0 Å². The summed E-state index contributed by atoms with van der Waals surface area (Å²) in [6, 6.07) is 64.9. The summed E-state index contributed by atoms with van der Waals surface area (Å²) in [5.41, 5.74) is 21.5. The molecule has 0 bridgehead atoms. The van der Waals surface area contributed by atoms with Crippen LogP contribution >= 0.6 is 0 Å². The van der Waals surface area contributed by atoms with E-state index >= 15 is 0 Å². The number of nitrogens with one attached hydrogen (secondary N) is 1. The average molecular weight is 719 g/mol. The molecule has 0 aliphatic heterocycles. The monoisotopic (exact) mass is 718 g/mol. The molecule has 2 aliphatic rings. The Balaban J connectivity index is 0.976. The molecular weight excluding hydrogens is 677 g/mol. The largest absolute Gasteiger partial charge is 0.355 e. The average Bonchev–Trinajstić information content (AvgIpc) is 3.78. The van der Waals surface area contributed by atoms with Crippen LogP contribution in [0.3, 0.4) is 0 Å². The lowest BCUT2D eigenvalue weighted by Crippen LogP contribution is -2.17. The number of fused-ring (bicyclic) bond motifs is 9. The number of hydrogen-bond donors (Lipinski definition) is 1. The van der Waals surface area contributed by atoms with Gasteiger partial charge in [0.25, 0.3) is 0 Å². The highest BCUT2D eigenvalue weighted by molar-refractivity contribution is 6.10. The maximum absolute atomic E-state index is 3.88. The molecule has 0 saturated heterocycles. The molecule has 2 aliphatic carbocycles. The summed E-state index contributed by atoms with van der Waals surface area (Å²) < 4.78 is 2.37. The van der Waals surface area contributed by atoms with E-state index in [1.165, 1.54) is 94.3 Å². The van der Waals surface area contributed by atoms with Crippen molar-refractivity contribution >= 4 is 33.2 Å². The summed E-state index contributed by atoms with van der Waals surface area (Å²) in [4.78, 5) is 0. The summed E-state index contributed by atoms with van der Waals surface area (Å²) >= 11 is 0. The molecule has 1 N–H and O–H groups in total. The molecule has 0 atom stereocenters. The molecule has 2 heteroatoms. The molecular formula is C54H42N2. The van der Waals surface area contributed by atoms with Crippen LogP contribution in [0, 0.1) is 0 Å². The zero-order valence-corrected chi connectivity index (χ0v) is 32.2. The van der Waals surface area contributed by atoms with Crippen molar-refractivity contribution in [1.29, 1.82) is 0 Å². The van der Waals surface area contributed by atoms with Crippen molar-refractivity contribution in [3.8, 4) is 50.2 Å². The fourth-order valence-electron chi connectivity index (χ4n) is 10.0. The first-order valence-electron chi connectivity index (χ1n) is 19.8. The van der Waals surface area contributed by atoms with Crippen LogP contribution in [0.25, 0.3) is 72.0 Å². The van der Waals surface area contributed by atoms with Crippen LogP contribution in [0.15, 0.2) is 176 Å². The van der Waals surface area contributed by atoms with Crippen LogP contribution < -0.4 is 5.32 Å². The molecule has 0 amide bonds. The maximum atomic E-state index is 3.88. The smallest absolute Gasteiger partial charge is 0.0541 e. The second kappa shape index (κ2) is 11.9. The van der Waals surface area contributed by atoms with E-state index in [2.05, 4.69) is 214 Å². The minimum atomic E-state index is -0.164. The standard InChI is InChI=1S/C54H42N2/c1-53(2)45-19-11-8-16-40(45)41-28-24-36(33-47(41)53)39-29-30-48(51-43-18-9-12-20-46(43)54(3,4)52(39)51)55-37-26-22-34(23-27-37)35-25-31-50-44(32-35)42-17-10-13-21-49(42)56(50)38-14-6-5-7-15-38/h5-33,55H,1-4H3. The van der Waals surface area contributed by atoms with Gasteiger partial charge in [-0.3, -0.25) is 0 Å². The van der Waals surface area contributed by atoms with Crippen molar-refractivity contribution < 1.29 is 0 Å². The SMILES string of the molecule is CC1(C)c2ccccc2-c2ccc(-c3ccc(Nc4ccc(-c5ccc6c(c5)c5ccccc5n6-c5ccccc5)cc4)c4c3C(C)(C)c3ccccc3-4)cc21. The third-order valence-corrected chi connectivity index (χ3v) is 12.8. The lowest BCUT2D eigenvalue weighted by Gasteiger charge is -2.26. The van der Waals surface area contributed by atoms with Gasteiger partial charge < -0.3 is 9.88 Å². The Morgan fingerprint density at radius 1 is 0.411 bits per heavy atom. The minimum absolute atomic E-state index is 0.0515. The van der Waals surface area contributed by atoms with E-state index in [0.717, 1.165) is 11.4 Å². The first-order chi connectivity index (χ1) is 27.3. The van der Waals surface area contributed by atoms with E-state index in [4.69, 9.17) is 0 Å². The first kappa shape index (κ1) is 32.8. The number of para-hydroxylation sites is 2. The molecule has 0 spiro atoms. The fourth-order valence-corrected chi connectivity index (χ4v) is 10.0. The Hall–Kier alpha value is -6.64. The number of anilines is 2. The third-order valence-electron chi connectivity index (χ3n) is 12.8. The van der Waals surface area contributed by atoms with Crippen molar-refractivity contribution in [3.05, 3.63) is 198 Å². The van der Waals surface area contributed by atoms with Gasteiger partial charge in [0.1, 0.15) is 0 Å². The van der Waals surface area contributed by atoms with Crippen molar-refractivity contribution in [2.75, 3.05) is 5.32 Å². The second-order valence-electron chi connectivity index (χ2n) is 16.6. The van der Waals surface area contributed by atoms with E-state index in [1.54, 1.807) is 0 Å². The molecule has 11 rings (SSSR count). The molecule has 8 aromatic carbocycles. The quantitative estimate of drug-likeness (QED) is 0.187. The van der Waals surface area contributed by atoms with Gasteiger partial charge in [0.15, 0.2) is 0 Å². The van der Waals surface area contributed by atoms with Gasteiger partial charge >= 0.3 is 0 Å². The summed E-state index contributed by atoms with van der Waals surface area (Å²) in [6.45, 7) is 9.52. The maximum Gasteiger partial charge on any atom is 0.0541 e. The van der Waals surface area contributed by atoms with Gasteiger partial charge in [-0.25, -0.2) is 0 Å². The van der Waals surface area contributed by atoms with Gasteiger partial charge in [-0.1, -0.05) is 149 Å². The summed E-state index contributed by atoms with van der Waals surface area (Å²) in [5.74, 6) is 0. The number of aromatic nitrogens is 1. The predicted octanol–water partition coefficient (Wildman–Crippen LogP) is 14.5. The van der Waals surface area contributed by atoms with Crippen LogP contribution in [0.1, 0.15) is 49.9 Å². The number of benzene rings is 8. The summed E-state index contributed by atoms with van der Waals surface area (Å²) in [7, 11) is 0. The highest BCUT2D eigenvalue weighted by Gasteiger charge is 2.40. The van der Waals surface area contributed by atoms with Gasteiger partial charge in [0.2, 0.25) is 0 Å². The highest BCUT2D eigenvalue weighted by Crippen LogP contribution is 2.56. The Morgan fingerprint density at radius 3 is 1.82 bits per heavy atom. The number of nitrogens with zero attached hydrogens (tertiary/aromatic N) is 1. The Bertz CT molecular complexity index is 3030. The van der Waals surface area contributed by atoms with Crippen molar-refractivity contribution in [3.63, 3.8) is 0 Å². The molecule has 1 heterocycles. The van der Waals surface area contributed by atoms with Crippen molar-refractivity contribution in [1.82, 2.24) is 4.57 Å². The molecule has 56 heavy (non-hydrogen) atoms. The lowest BCUT2D eigenvalue weighted by atomic mass is 9.77. The second-order valence-corrected chi connectivity index (χ2v) is 16.6. The Labute approximate surface area is 328 Å².